The number of rotatable bonds is 6. The molecule has 1 fully saturated rings. The first-order valence-corrected chi connectivity index (χ1v) is 6.36. The summed E-state index contributed by atoms with van der Waals surface area (Å²) in [6.07, 6.45) is 0.380. The van der Waals surface area contributed by atoms with Gasteiger partial charge in [0.2, 0.25) is 5.91 Å². The molecule has 0 spiro atoms. The van der Waals surface area contributed by atoms with Crippen LogP contribution in [0.4, 0.5) is 0 Å². The zero-order valence-electron chi connectivity index (χ0n) is 11.3. The van der Waals surface area contributed by atoms with Crippen molar-refractivity contribution < 1.29 is 19.1 Å². The molecular weight excluding hydrogens is 250 g/mol. The number of piperazine rings is 1. The van der Waals surface area contributed by atoms with E-state index in [4.69, 9.17) is 10.5 Å². The van der Waals surface area contributed by atoms with E-state index in [0.717, 1.165) is 0 Å². The lowest BCUT2D eigenvalue weighted by Gasteiger charge is -2.32. The fraction of sp³-hybridized carbons (Fsp3) is 0.750. The van der Waals surface area contributed by atoms with Crippen LogP contribution in [0.2, 0.25) is 0 Å². The normalized spacial score (nSPS) is 24.5. The predicted molar refractivity (Wildman–Crippen MR) is 68.3 cm³/mol. The molecule has 0 aromatic heterocycles. The number of carbonyl (C=O) groups excluding carboxylic acids is 3. The van der Waals surface area contributed by atoms with Gasteiger partial charge >= 0.3 is 5.97 Å². The summed E-state index contributed by atoms with van der Waals surface area (Å²) in [4.78, 5) is 34.7. The lowest BCUT2D eigenvalue weighted by molar-refractivity contribution is -0.151. The van der Waals surface area contributed by atoms with Crippen molar-refractivity contribution in [3.63, 3.8) is 0 Å². The van der Waals surface area contributed by atoms with Crippen LogP contribution in [0.25, 0.3) is 0 Å². The van der Waals surface area contributed by atoms with Crippen LogP contribution in [0.3, 0.4) is 0 Å². The summed E-state index contributed by atoms with van der Waals surface area (Å²) in [6.45, 7) is 4.19. The molecule has 1 heterocycles. The van der Waals surface area contributed by atoms with Crippen molar-refractivity contribution in [2.24, 2.45) is 5.73 Å². The highest BCUT2D eigenvalue weighted by atomic mass is 16.5. The number of ketones is 1. The van der Waals surface area contributed by atoms with Gasteiger partial charge in [-0.3, -0.25) is 14.4 Å². The molecule has 2 atom stereocenters. The van der Waals surface area contributed by atoms with Crippen LogP contribution in [-0.4, -0.2) is 48.9 Å². The largest absolute Gasteiger partial charge is 0.458 e. The van der Waals surface area contributed by atoms with Gasteiger partial charge in [-0.25, -0.2) is 0 Å². The topological polar surface area (TPSA) is 111 Å². The molecule has 7 nitrogen and oxygen atoms in total. The summed E-state index contributed by atoms with van der Waals surface area (Å²) >= 11 is 0. The lowest BCUT2D eigenvalue weighted by atomic mass is 9.95. The molecule has 0 saturated carbocycles. The van der Waals surface area contributed by atoms with E-state index in [0.29, 0.717) is 19.5 Å². The second kappa shape index (κ2) is 6.63. The zero-order valence-corrected chi connectivity index (χ0v) is 11.3. The standard InChI is InChI=1S/C12H21N3O4/c1-3-8(13)9(16)7-19-10(17)6-12(2)11(18)14-4-5-15-12/h8,15H,3-7,13H2,1-2H3,(H,14,18). The molecule has 0 aromatic carbocycles. The Morgan fingerprint density at radius 1 is 1.47 bits per heavy atom. The summed E-state index contributed by atoms with van der Waals surface area (Å²) in [6, 6.07) is -0.612. The Balaban J connectivity index is 2.42. The first kappa shape index (κ1) is 15.6. The Labute approximate surface area is 112 Å². The number of carbonyl (C=O) groups is 3. The van der Waals surface area contributed by atoms with Gasteiger partial charge in [-0.2, -0.15) is 0 Å². The van der Waals surface area contributed by atoms with Crippen molar-refractivity contribution >= 4 is 17.7 Å². The van der Waals surface area contributed by atoms with Gasteiger partial charge in [-0.05, 0) is 13.3 Å². The van der Waals surface area contributed by atoms with Gasteiger partial charge < -0.3 is 21.1 Å². The third-order valence-corrected chi connectivity index (χ3v) is 3.15. The SMILES string of the molecule is CCC(N)C(=O)COC(=O)CC1(C)NCCNC1=O. The highest BCUT2D eigenvalue weighted by Crippen LogP contribution is 2.13. The van der Waals surface area contributed by atoms with E-state index in [1.807, 2.05) is 0 Å². The third kappa shape index (κ3) is 4.29. The monoisotopic (exact) mass is 271 g/mol. The molecule has 0 aliphatic carbocycles. The van der Waals surface area contributed by atoms with E-state index in [9.17, 15) is 14.4 Å². The van der Waals surface area contributed by atoms with Crippen LogP contribution in [0, 0.1) is 0 Å². The van der Waals surface area contributed by atoms with Crippen molar-refractivity contribution in [1.82, 2.24) is 10.6 Å². The maximum atomic E-state index is 11.7. The van der Waals surface area contributed by atoms with Crippen molar-refractivity contribution in [2.75, 3.05) is 19.7 Å². The van der Waals surface area contributed by atoms with E-state index < -0.39 is 17.6 Å². The fourth-order valence-corrected chi connectivity index (χ4v) is 1.76. The molecule has 1 aliphatic heterocycles. The maximum Gasteiger partial charge on any atom is 0.308 e. The minimum absolute atomic E-state index is 0.118. The van der Waals surface area contributed by atoms with Crippen LogP contribution in [-0.2, 0) is 19.1 Å². The van der Waals surface area contributed by atoms with E-state index >= 15 is 0 Å². The summed E-state index contributed by atoms with van der Waals surface area (Å²) in [5, 5.41) is 5.65. The lowest BCUT2D eigenvalue weighted by Crippen LogP contribution is -2.62. The van der Waals surface area contributed by atoms with Crippen LogP contribution in [0.1, 0.15) is 26.7 Å². The molecular formula is C12H21N3O4. The van der Waals surface area contributed by atoms with Gasteiger partial charge in [0.25, 0.3) is 0 Å². The first-order chi connectivity index (χ1) is 8.89. The Hall–Kier alpha value is -1.47. The average Bonchev–Trinajstić information content (AvgIpc) is 2.38. The summed E-state index contributed by atoms with van der Waals surface area (Å²) < 4.78 is 4.85. The van der Waals surface area contributed by atoms with Gasteiger partial charge in [-0.15, -0.1) is 0 Å². The molecule has 0 bridgehead atoms. The Morgan fingerprint density at radius 3 is 2.74 bits per heavy atom. The van der Waals surface area contributed by atoms with Gasteiger partial charge in [0, 0.05) is 13.1 Å². The Morgan fingerprint density at radius 2 is 2.16 bits per heavy atom. The molecule has 19 heavy (non-hydrogen) atoms. The van der Waals surface area contributed by atoms with Crippen LogP contribution in [0.15, 0.2) is 0 Å². The molecule has 1 rings (SSSR count). The van der Waals surface area contributed by atoms with Crippen molar-refractivity contribution in [2.45, 2.75) is 38.3 Å². The minimum Gasteiger partial charge on any atom is -0.458 e. The molecule has 7 heteroatoms. The van der Waals surface area contributed by atoms with E-state index in [2.05, 4.69) is 10.6 Å². The number of esters is 1. The number of amides is 1. The van der Waals surface area contributed by atoms with Crippen molar-refractivity contribution in [3.8, 4) is 0 Å². The first-order valence-electron chi connectivity index (χ1n) is 6.36. The van der Waals surface area contributed by atoms with E-state index in [1.54, 1.807) is 13.8 Å². The van der Waals surface area contributed by atoms with E-state index in [-0.39, 0.29) is 24.7 Å². The molecule has 0 aromatic rings. The highest BCUT2D eigenvalue weighted by Gasteiger charge is 2.37. The zero-order chi connectivity index (χ0) is 14.5. The quantitative estimate of drug-likeness (QED) is 0.518. The van der Waals surface area contributed by atoms with Gasteiger partial charge in [0.05, 0.1) is 12.5 Å². The van der Waals surface area contributed by atoms with Crippen molar-refractivity contribution in [3.05, 3.63) is 0 Å². The number of nitrogens with two attached hydrogens (primary N) is 1. The number of Topliss-reactive ketones (excluding diaryl/α,β-unsaturated/α-hetero) is 1. The molecule has 0 radical (unpaired) electrons. The average molecular weight is 271 g/mol. The summed E-state index contributed by atoms with van der Waals surface area (Å²) in [5.41, 5.74) is 4.54. The highest BCUT2D eigenvalue weighted by molar-refractivity contribution is 5.92. The molecule has 2 unspecified atom stereocenters. The van der Waals surface area contributed by atoms with Gasteiger partial charge in [0.1, 0.15) is 5.54 Å². The van der Waals surface area contributed by atoms with Gasteiger partial charge in [0.15, 0.2) is 12.4 Å². The smallest absolute Gasteiger partial charge is 0.308 e. The molecule has 1 saturated heterocycles. The predicted octanol–water partition coefficient (Wildman–Crippen LogP) is -1.30. The third-order valence-electron chi connectivity index (χ3n) is 3.15. The Bertz CT molecular complexity index is 372. The molecule has 1 aliphatic rings. The fourth-order valence-electron chi connectivity index (χ4n) is 1.76. The summed E-state index contributed by atoms with van der Waals surface area (Å²) in [7, 11) is 0. The van der Waals surface area contributed by atoms with Crippen LogP contribution >= 0.6 is 0 Å². The number of hydrogen-bond donors (Lipinski definition) is 3. The second-order valence-corrected chi connectivity index (χ2v) is 4.83. The maximum absolute atomic E-state index is 11.7. The van der Waals surface area contributed by atoms with Gasteiger partial charge in [-0.1, -0.05) is 6.92 Å². The summed E-state index contributed by atoms with van der Waals surface area (Å²) in [5.74, 6) is -1.15. The van der Waals surface area contributed by atoms with Crippen LogP contribution in [0.5, 0.6) is 0 Å². The molecule has 4 N–H and O–H groups in total. The van der Waals surface area contributed by atoms with E-state index in [1.165, 1.54) is 0 Å². The number of nitrogens with one attached hydrogen (secondary N) is 2. The van der Waals surface area contributed by atoms with Crippen molar-refractivity contribution in [1.29, 1.82) is 0 Å². The molecule has 1 amide bonds. The number of ether oxygens (including phenoxy) is 1. The minimum atomic E-state index is -0.981. The molecule has 108 valence electrons. The number of hydrogen-bond acceptors (Lipinski definition) is 6. The second-order valence-electron chi connectivity index (χ2n) is 4.83. The van der Waals surface area contributed by atoms with Crippen LogP contribution < -0.4 is 16.4 Å². The Kier molecular flexibility index (Phi) is 5.44.